The van der Waals surface area contributed by atoms with Crippen molar-refractivity contribution in [2.45, 2.75) is 360 Å². The predicted octanol–water partition coefficient (Wildman–Crippen LogP) is 27.4. The van der Waals surface area contributed by atoms with Crippen molar-refractivity contribution in [2.75, 3.05) is 39.6 Å². The molecule has 5 atom stereocenters. The second-order valence-electron chi connectivity index (χ2n) is 29.3. The molecule has 18 heteroatoms. The summed E-state index contributed by atoms with van der Waals surface area (Å²) in [5.74, 6) is -1.62. The summed E-state index contributed by atoms with van der Waals surface area (Å²) in [6, 6.07) is 0. The number of aliphatic hydroxyl groups excluding tert-OH is 2. The highest BCUT2D eigenvalue weighted by Gasteiger charge is 2.29. The lowest BCUT2D eigenvalue weighted by Gasteiger charge is -2.21. The van der Waals surface area contributed by atoms with Gasteiger partial charge in [0.1, 0.15) is 25.4 Å². The number of carbonyl (C=O) groups excluding carboxylic acids is 3. The first-order valence-electron chi connectivity index (χ1n) is 44.7. The fourth-order valence-corrected chi connectivity index (χ4v) is 13.2. The molecular formula is C97H160O16P2. The van der Waals surface area contributed by atoms with Crippen LogP contribution < -0.4 is 0 Å². The van der Waals surface area contributed by atoms with E-state index >= 15 is 0 Å². The summed E-state index contributed by atoms with van der Waals surface area (Å²) in [6.45, 7) is 2.32. The van der Waals surface area contributed by atoms with Gasteiger partial charge < -0.3 is 34.2 Å². The first kappa shape index (κ1) is 109. The fraction of sp³-hybridized carbons (Fsp3) is 0.639. The smallest absolute Gasteiger partial charge is 0.463 e. The van der Waals surface area contributed by atoms with Crippen molar-refractivity contribution in [2.24, 2.45) is 0 Å². The van der Waals surface area contributed by atoms with Crippen LogP contribution in [0.25, 0.3) is 0 Å². The Morgan fingerprint density at radius 1 is 0.243 bits per heavy atom. The summed E-state index contributed by atoms with van der Waals surface area (Å²) >= 11 is 0. The number of hydrogen-bond donors (Lipinski definition) is 4. The molecule has 654 valence electrons. The van der Waals surface area contributed by atoms with Gasteiger partial charge in [0.2, 0.25) is 0 Å². The minimum absolute atomic E-state index is 0.0717. The highest BCUT2D eigenvalue weighted by Crippen LogP contribution is 2.45. The number of aliphatic hydroxyl groups is 2. The van der Waals surface area contributed by atoms with Crippen molar-refractivity contribution >= 4 is 33.6 Å². The largest absolute Gasteiger partial charge is 0.472 e. The van der Waals surface area contributed by atoms with E-state index in [1.807, 2.05) is 0 Å². The van der Waals surface area contributed by atoms with E-state index in [0.717, 1.165) is 193 Å². The highest BCUT2D eigenvalue weighted by molar-refractivity contribution is 7.47. The third-order valence-electron chi connectivity index (χ3n) is 18.3. The number of esters is 3. The molecule has 0 heterocycles. The van der Waals surface area contributed by atoms with Gasteiger partial charge in [-0.25, -0.2) is 9.13 Å². The minimum atomic E-state index is -4.96. The number of hydrogen-bond acceptors (Lipinski definition) is 14. The van der Waals surface area contributed by atoms with E-state index in [2.05, 4.69) is 215 Å². The number of allylic oxidation sites excluding steroid dienone is 32. The van der Waals surface area contributed by atoms with Crippen molar-refractivity contribution in [3.8, 4) is 0 Å². The molecule has 0 amide bonds. The predicted molar refractivity (Wildman–Crippen MR) is 481 cm³/mol. The minimum Gasteiger partial charge on any atom is -0.463 e. The summed E-state index contributed by atoms with van der Waals surface area (Å²) in [7, 11) is -9.83. The van der Waals surface area contributed by atoms with Crippen LogP contribution in [0.15, 0.2) is 194 Å². The Kier molecular flexibility index (Phi) is 83.4. The lowest BCUT2D eigenvalue weighted by molar-refractivity contribution is -0.161. The number of phosphoric acid groups is 2. The fourth-order valence-electron chi connectivity index (χ4n) is 11.6. The SMILES string of the molecule is CC/C=C\C/C=C\C/C=C\C/C=C\C/C=C\C/C=C\CCCCCCCCC(=O)OCC(COP(=O)(O)OCC(O)COP(=O)(O)OCC(O)COC(=O)CCCCCCCCCCCCCCCCCCC/C=C\C/C=C\C/C=C\C/C=C\C/C=C\CC)OC(=O)CCCCCCC/C=C\C/C=C\C/C=C\C/C=C\C/C=C\CC. The Morgan fingerprint density at radius 2 is 0.435 bits per heavy atom. The van der Waals surface area contributed by atoms with Gasteiger partial charge in [0.05, 0.1) is 26.4 Å². The standard InChI is InChI=1S/C97H160O16P2/c1-4-7-10-13-16-19-22-25-28-31-34-37-39-41-42-43-44-45-46-47-48-50-52-54-56-59-62-65-68-71-74-77-80-83-95(100)107-86-92(98)87-109-114(103,104)110-88-93(99)89-111-115(105,106)112-91-94(113-97(102)85-82-79-76-73-70-67-64-61-58-53-36-33-30-27-24-21-18-15-12-9-6-3)90-108-96(101)84-81-78-75-72-69-66-63-60-57-55-51-49-40-38-35-32-29-26-23-20-17-14-11-8-5-2/h7-12,16-21,25-30,34-38,41-42,49,51,53,57,60-61,64,92-94,98-99H,4-6,13-15,22-24,31-33,39-40,43-48,50,52,54-56,58-59,62-63,65-91H2,1-3H3,(H,103,104)(H,105,106)/b10-7-,11-8-,12-9-,19-16-,20-17-,21-18-,28-25-,29-26-,30-27-,37-34-,38-35-,42-41-,51-49-,53-36-,60-57-,64-61-. The average Bonchev–Trinajstić information content (AvgIpc) is 0.925. The summed E-state index contributed by atoms with van der Waals surface area (Å²) in [5, 5.41) is 20.7. The summed E-state index contributed by atoms with van der Waals surface area (Å²) in [6.07, 6.45) is 116. The quantitative estimate of drug-likeness (QED) is 0.0146. The van der Waals surface area contributed by atoms with Gasteiger partial charge >= 0.3 is 33.6 Å². The van der Waals surface area contributed by atoms with Gasteiger partial charge in [-0.15, -0.1) is 0 Å². The van der Waals surface area contributed by atoms with E-state index in [0.29, 0.717) is 19.3 Å². The van der Waals surface area contributed by atoms with Crippen molar-refractivity contribution < 1.29 is 75.8 Å². The maximum Gasteiger partial charge on any atom is 0.472 e. The van der Waals surface area contributed by atoms with Crippen LogP contribution in [0, 0.1) is 0 Å². The van der Waals surface area contributed by atoms with Crippen LogP contribution in [-0.2, 0) is 55.8 Å². The topological polar surface area (TPSA) is 231 Å². The normalized spacial score (nSPS) is 14.7. The second kappa shape index (κ2) is 87.7. The molecule has 0 spiro atoms. The van der Waals surface area contributed by atoms with Crippen molar-refractivity contribution in [3.63, 3.8) is 0 Å². The molecule has 0 rings (SSSR count). The molecule has 0 aromatic carbocycles. The zero-order chi connectivity index (χ0) is 83.6. The first-order valence-corrected chi connectivity index (χ1v) is 47.7. The number of unbranched alkanes of at least 4 members (excludes halogenated alkanes) is 28. The molecule has 0 aromatic rings. The molecule has 0 aliphatic heterocycles. The van der Waals surface area contributed by atoms with Crippen LogP contribution in [0.5, 0.6) is 0 Å². The zero-order valence-electron chi connectivity index (χ0n) is 71.9. The zero-order valence-corrected chi connectivity index (χ0v) is 73.7. The van der Waals surface area contributed by atoms with E-state index in [1.165, 1.54) is 89.9 Å². The Labute approximate surface area is 699 Å². The van der Waals surface area contributed by atoms with Crippen molar-refractivity contribution in [1.82, 2.24) is 0 Å². The first-order chi connectivity index (χ1) is 56.2. The van der Waals surface area contributed by atoms with E-state index in [9.17, 15) is 43.5 Å². The lowest BCUT2D eigenvalue weighted by atomic mass is 10.0. The lowest BCUT2D eigenvalue weighted by Crippen LogP contribution is -2.30. The molecule has 0 aliphatic carbocycles. The molecule has 4 N–H and O–H groups in total. The van der Waals surface area contributed by atoms with Gasteiger partial charge in [-0.3, -0.25) is 32.5 Å². The van der Waals surface area contributed by atoms with Gasteiger partial charge in [0.15, 0.2) is 6.10 Å². The van der Waals surface area contributed by atoms with E-state index < -0.39 is 91.5 Å². The monoisotopic (exact) mass is 1640 g/mol. The Hall–Kier alpha value is -5.61. The van der Waals surface area contributed by atoms with Crippen LogP contribution in [0.4, 0.5) is 0 Å². The Bertz CT molecular complexity index is 2870. The van der Waals surface area contributed by atoms with Gasteiger partial charge in [-0.1, -0.05) is 356 Å². The summed E-state index contributed by atoms with van der Waals surface area (Å²) < 4.78 is 61.4. The second-order valence-corrected chi connectivity index (χ2v) is 32.2. The van der Waals surface area contributed by atoms with Crippen LogP contribution in [0.3, 0.4) is 0 Å². The van der Waals surface area contributed by atoms with Crippen molar-refractivity contribution in [1.29, 1.82) is 0 Å². The van der Waals surface area contributed by atoms with E-state index in [1.54, 1.807) is 0 Å². The van der Waals surface area contributed by atoms with Crippen LogP contribution in [0.2, 0.25) is 0 Å². The molecular weight excluding hydrogens is 1480 g/mol. The molecule has 0 saturated heterocycles. The molecule has 0 fully saturated rings. The van der Waals surface area contributed by atoms with E-state index in [-0.39, 0.29) is 19.3 Å². The Morgan fingerprint density at radius 3 is 0.687 bits per heavy atom. The molecule has 0 aliphatic rings. The molecule has 0 aromatic heterocycles. The highest BCUT2D eigenvalue weighted by atomic mass is 31.2. The molecule has 0 radical (unpaired) electrons. The van der Waals surface area contributed by atoms with Crippen LogP contribution in [-0.4, -0.2) is 95.9 Å². The molecule has 5 unspecified atom stereocenters. The summed E-state index contributed by atoms with van der Waals surface area (Å²) in [5.41, 5.74) is 0. The summed E-state index contributed by atoms with van der Waals surface area (Å²) in [4.78, 5) is 58.9. The number of ether oxygens (including phenoxy) is 3. The molecule has 16 nitrogen and oxygen atoms in total. The van der Waals surface area contributed by atoms with Crippen LogP contribution >= 0.6 is 15.6 Å². The number of phosphoric ester groups is 2. The number of rotatable bonds is 83. The van der Waals surface area contributed by atoms with Gasteiger partial charge in [0.25, 0.3) is 0 Å². The maximum atomic E-state index is 13.0. The van der Waals surface area contributed by atoms with Gasteiger partial charge in [-0.05, 0) is 161 Å². The van der Waals surface area contributed by atoms with Gasteiger partial charge in [0, 0.05) is 19.3 Å². The van der Waals surface area contributed by atoms with Crippen molar-refractivity contribution in [3.05, 3.63) is 194 Å². The molecule has 0 bridgehead atoms. The number of carbonyl (C=O) groups is 3. The van der Waals surface area contributed by atoms with Gasteiger partial charge in [-0.2, -0.15) is 0 Å². The maximum absolute atomic E-state index is 13.0. The third kappa shape index (κ3) is 89.0. The molecule has 0 saturated carbocycles. The van der Waals surface area contributed by atoms with Crippen LogP contribution in [0.1, 0.15) is 342 Å². The Balaban J connectivity index is 4.60. The molecule has 115 heavy (non-hydrogen) atoms. The average molecular weight is 1640 g/mol. The third-order valence-corrected chi connectivity index (χ3v) is 20.2. The van der Waals surface area contributed by atoms with E-state index in [4.69, 9.17) is 32.3 Å².